The van der Waals surface area contributed by atoms with Crippen LogP contribution in [-0.2, 0) is 13.1 Å². The van der Waals surface area contributed by atoms with Crippen LogP contribution in [0.5, 0.6) is 5.75 Å². The summed E-state index contributed by atoms with van der Waals surface area (Å²) < 4.78 is 0. The largest absolute Gasteiger partial charge is 0.508 e. The number of aromatic nitrogens is 1. The second-order valence-electron chi connectivity index (χ2n) is 8.23. The number of nitrogens with one attached hydrogen (secondary N) is 1. The summed E-state index contributed by atoms with van der Waals surface area (Å²) in [4.78, 5) is 21.1. The molecule has 3 aromatic rings. The number of benzene rings is 2. The minimum atomic E-state index is -0.124. The molecular formula is C27H34N4O2. The molecule has 0 fully saturated rings. The Balaban J connectivity index is 1.61. The third-order valence-electron chi connectivity index (χ3n) is 5.64. The average molecular weight is 447 g/mol. The van der Waals surface area contributed by atoms with Gasteiger partial charge in [-0.05, 0) is 80.0 Å². The third-order valence-corrected chi connectivity index (χ3v) is 5.64. The number of amides is 1. The van der Waals surface area contributed by atoms with Gasteiger partial charge in [-0.2, -0.15) is 0 Å². The maximum atomic E-state index is 12.7. The van der Waals surface area contributed by atoms with Crippen molar-refractivity contribution in [2.24, 2.45) is 0 Å². The number of carbonyl (C=O) groups is 1. The van der Waals surface area contributed by atoms with E-state index in [1.807, 2.05) is 60.5 Å². The number of phenolic OH excluding ortho intramolecular Hbond substituents is 1. The third kappa shape index (κ3) is 6.80. The molecular weight excluding hydrogens is 412 g/mol. The van der Waals surface area contributed by atoms with Crippen LogP contribution in [0.1, 0.15) is 48.2 Å². The zero-order valence-electron chi connectivity index (χ0n) is 19.8. The Labute approximate surface area is 196 Å². The van der Waals surface area contributed by atoms with Gasteiger partial charge in [0.25, 0.3) is 5.91 Å². The minimum absolute atomic E-state index is 0.124. The first-order valence-electron chi connectivity index (χ1n) is 11.6. The molecule has 6 nitrogen and oxygen atoms in total. The first kappa shape index (κ1) is 24.3. The van der Waals surface area contributed by atoms with E-state index in [0.717, 1.165) is 48.4 Å². The maximum absolute atomic E-state index is 12.7. The van der Waals surface area contributed by atoms with Gasteiger partial charge >= 0.3 is 0 Å². The average Bonchev–Trinajstić information content (AvgIpc) is 2.85. The number of aromatic hydroxyl groups is 1. The lowest BCUT2D eigenvalue weighted by molar-refractivity contribution is 0.0951. The second kappa shape index (κ2) is 12.0. The summed E-state index contributed by atoms with van der Waals surface area (Å²) in [6.45, 7) is 7.45. The fourth-order valence-electron chi connectivity index (χ4n) is 3.86. The first-order chi connectivity index (χ1) is 16.0. The van der Waals surface area contributed by atoms with E-state index in [1.54, 1.807) is 18.5 Å². The molecule has 174 valence electrons. The molecule has 0 saturated carbocycles. The van der Waals surface area contributed by atoms with Crippen molar-refractivity contribution in [3.63, 3.8) is 0 Å². The maximum Gasteiger partial charge on any atom is 0.251 e. The van der Waals surface area contributed by atoms with Gasteiger partial charge in [0.1, 0.15) is 5.75 Å². The molecule has 0 atom stereocenters. The van der Waals surface area contributed by atoms with E-state index in [4.69, 9.17) is 0 Å². The molecule has 0 aliphatic carbocycles. The van der Waals surface area contributed by atoms with Crippen molar-refractivity contribution in [3.05, 3.63) is 83.7 Å². The number of rotatable bonds is 11. The molecule has 1 heterocycles. The molecule has 2 aromatic carbocycles. The molecule has 0 bridgehead atoms. The van der Waals surface area contributed by atoms with Crippen LogP contribution in [-0.4, -0.2) is 41.0 Å². The van der Waals surface area contributed by atoms with Crippen molar-refractivity contribution >= 4 is 17.3 Å². The fourth-order valence-corrected chi connectivity index (χ4v) is 3.86. The number of hydrogen-bond acceptors (Lipinski definition) is 5. The number of anilines is 2. The van der Waals surface area contributed by atoms with Gasteiger partial charge in [0.15, 0.2) is 0 Å². The SMILES string of the molecule is CCCN(CCC)Cc1cc(CNC(=O)c2ccc(N(C)c3ccncc3)cc2)ccc1O. The van der Waals surface area contributed by atoms with Gasteiger partial charge in [-0.1, -0.05) is 19.9 Å². The number of carbonyl (C=O) groups excluding carboxylic acids is 1. The lowest BCUT2D eigenvalue weighted by Gasteiger charge is -2.22. The van der Waals surface area contributed by atoms with Crippen molar-refractivity contribution in [3.8, 4) is 5.75 Å². The minimum Gasteiger partial charge on any atom is -0.508 e. The predicted molar refractivity (Wildman–Crippen MR) is 134 cm³/mol. The number of hydrogen-bond donors (Lipinski definition) is 2. The van der Waals surface area contributed by atoms with Crippen LogP contribution >= 0.6 is 0 Å². The van der Waals surface area contributed by atoms with E-state index >= 15 is 0 Å². The highest BCUT2D eigenvalue weighted by Crippen LogP contribution is 2.23. The number of phenols is 1. The zero-order valence-corrected chi connectivity index (χ0v) is 19.8. The molecule has 3 rings (SSSR count). The second-order valence-corrected chi connectivity index (χ2v) is 8.23. The summed E-state index contributed by atoms with van der Waals surface area (Å²) in [6.07, 6.45) is 5.67. The van der Waals surface area contributed by atoms with Crippen LogP contribution in [0.4, 0.5) is 11.4 Å². The Bertz CT molecular complexity index is 1020. The van der Waals surface area contributed by atoms with Gasteiger partial charge in [-0.25, -0.2) is 0 Å². The predicted octanol–water partition coefficient (Wildman–Crippen LogP) is 5.11. The Morgan fingerprint density at radius 2 is 1.58 bits per heavy atom. The molecule has 0 unspecified atom stereocenters. The van der Waals surface area contributed by atoms with E-state index in [0.29, 0.717) is 24.4 Å². The van der Waals surface area contributed by atoms with Crippen LogP contribution in [0.15, 0.2) is 67.0 Å². The van der Waals surface area contributed by atoms with Crippen molar-refractivity contribution < 1.29 is 9.90 Å². The summed E-state index contributed by atoms with van der Waals surface area (Å²) >= 11 is 0. The molecule has 0 aliphatic rings. The topological polar surface area (TPSA) is 68.7 Å². The van der Waals surface area contributed by atoms with Crippen molar-refractivity contribution in [2.75, 3.05) is 25.0 Å². The molecule has 0 radical (unpaired) electrons. The standard InChI is InChI=1S/C27H34N4O2/c1-4-16-31(17-5-2)20-23-18-21(6-11-26(23)32)19-29-27(33)22-7-9-24(10-8-22)30(3)25-12-14-28-15-13-25/h6-15,18,32H,4-5,16-17,19-20H2,1-3H3,(H,29,33). The van der Waals surface area contributed by atoms with E-state index in [1.165, 1.54) is 0 Å². The number of pyridine rings is 1. The monoisotopic (exact) mass is 446 g/mol. The van der Waals surface area contributed by atoms with Crippen LogP contribution in [0.2, 0.25) is 0 Å². The fraction of sp³-hybridized carbons (Fsp3) is 0.333. The van der Waals surface area contributed by atoms with Gasteiger partial charge < -0.3 is 15.3 Å². The van der Waals surface area contributed by atoms with Gasteiger partial charge in [0.05, 0.1) is 0 Å². The lowest BCUT2D eigenvalue weighted by atomic mass is 10.1. The summed E-state index contributed by atoms with van der Waals surface area (Å²) in [7, 11) is 1.98. The molecule has 1 aromatic heterocycles. The van der Waals surface area contributed by atoms with Gasteiger partial charge in [0, 0.05) is 55.0 Å². The Morgan fingerprint density at radius 1 is 0.939 bits per heavy atom. The Kier molecular flexibility index (Phi) is 8.84. The van der Waals surface area contributed by atoms with Crippen molar-refractivity contribution in [1.29, 1.82) is 0 Å². The molecule has 1 amide bonds. The molecule has 0 spiro atoms. The van der Waals surface area contributed by atoms with E-state index < -0.39 is 0 Å². The Hall–Kier alpha value is -3.38. The van der Waals surface area contributed by atoms with Crippen LogP contribution in [0, 0.1) is 0 Å². The summed E-state index contributed by atoms with van der Waals surface area (Å²) in [5.41, 5.74) is 4.50. The molecule has 0 saturated heterocycles. The molecule has 2 N–H and O–H groups in total. The summed E-state index contributed by atoms with van der Waals surface area (Å²) in [6, 6.07) is 17.0. The normalized spacial score (nSPS) is 10.9. The molecule has 0 aliphatic heterocycles. The van der Waals surface area contributed by atoms with Crippen LogP contribution < -0.4 is 10.2 Å². The van der Waals surface area contributed by atoms with Gasteiger partial charge in [-0.15, -0.1) is 0 Å². The van der Waals surface area contributed by atoms with E-state index in [9.17, 15) is 9.90 Å². The smallest absolute Gasteiger partial charge is 0.251 e. The van der Waals surface area contributed by atoms with E-state index in [2.05, 4.69) is 29.0 Å². The van der Waals surface area contributed by atoms with Gasteiger partial charge in [0.2, 0.25) is 0 Å². The summed E-state index contributed by atoms with van der Waals surface area (Å²) in [5, 5.41) is 13.3. The van der Waals surface area contributed by atoms with Crippen molar-refractivity contribution in [2.45, 2.75) is 39.8 Å². The molecule has 33 heavy (non-hydrogen) atoms. The van der Waals surface area contributed by atoms with Crippen LogP contribution in [0.25, 0.3) is 0 Å². The summed E-state index contributed by atoms with van der Waals surface area (Å²) in [5.74, 6) is 0.178. The number of nitrogens with zero attached hydrogens (tertiary/aromatic N) is 3. The lowest BCUT2D eigenvalue weighted by Crippen LogP contribution is -2.25. The highest BCUT2D eigenvalue weighted by atomic mass is 16.3. The highest BCUT2D eigenvalue weighted by Gasteiger charge is 2.11. The van der Waals surface area contributed by atoms with Crippen LogP contribution in [0.3, 0.4) is 0 Å². The zero-order chi connectivity index (χ0) is 23.6. The quantitative estimate of drug-likeness (QED) is 0.429. The molecule has 6 heteroatoms. The van der Waals surface area contributed by atoms with Crippen molar-refractivity contribution in [1.82, 2.24) is 15.2 Å². The first-order valence-corrected chi connectivity index (χ1v) is 11.6. The Morgan fingerprint density at radius 3 is 2.21 bits per heavy atom. The highest BCUT2D eigenvalue weighted by molar-refractivity contribution is 5.94. The van der Waals surface area contributed by atoms with E-state index in [-0.39, 0.29) is 5.91 Å². The van der Waals surface area contributed by atoms with Gasteiger partial charge in [-0.3, -0.25) is 14.7 Å².